The van der Waals surface area contributed by atoms with E-state index in [9.17, 15) is 9.18 Å². The molecule has 2 rings (SSSR count). The lowest BCUT2D eigenvalue weighted by molar-refractivity contribution is 0.0930. The molecule has 0 bridgehead atoms. The third-order valence-electron chi connectivity index (χ3n) is 2.32. The Bertz CT molecular complexity index is 380. The molecule has 0 saturated heterocycles. The molecule has 1 unspecified atom stereocenters. The normalized spacial score (nSPS) is 20.7. The molecule has 1 aromatic rings. The molecule has 4 heteroatoms. The molecule has 0 radical (unpaired) electrons. The van der Waals surface area contributed by atoms with Gasteiger partial charge < -0.3 is 5.73 Å². The summed E-state index contributed by atoms with van der Waals surface area (Å²) in [6.07, 6.45) is 0. The van der Waals surface area contributed by atoms with Gasteiger partial charge >= 0.3 is 0 Å². The fraction of sp³-hybridized carbons (Fsp3) is 0.300. The van der Waals surface area contributed by atoms with E-state index in [-0.39, 0.29) is 17.5 Å². The van der Waals surface area contributed by atoms with Gasteiger partial charge in [-0.05, 0) is 6.07 Å². The maximum atomic E-state index is 13.3. The first-order valence-electron chi connectivity index (χ1n) is 4.39. The number of thioether (sulfide) groups is 1. The predicted molar refractivity (Wildman–Crippen MR) is 54.0 cm³/mol. The van der Waals surface area contributed by atoms with Gasteiger partial charge in [-0.25, -0.2) is 4.39 Å². The van der Waals surface area contributed by atoms with E-state index in [0.29, 0.717) is 22.8 Å². The molecule has 1 aliphatic rings. The Balaban J connectivity index is 2.46. The van der Waals surface area contributed by atoms with Gasteiger partial charge in [0.1, 0.15) is 5.82 Å². The molecule has 2 N–H and O–H groups in total. The quantitative estimate of drug-likeness (QED) is 0.768. The van der Waals surface area contributed by atoms with Gasteiger partial charge in [-0.15, -0.1) is 11.8 Å². The summed E-state index contributed by atoms with van der Waals surface area (Å²) in [5.74, 6) is 0.0925. The van der Waals surface area contributed by atoms with Crippen molar-refractivity contribution < 1.29 is 9.18 Å². The third kappa shape index (κ3) is 1.44. The highest BCUT2D eigenvalue weighted by molar-refractivity contribution is 7.99. The van der Waals surface area contributed by atoms with Crippen molar-refractivity contribution in [2.24, 2.45) is 11.7 Å². The second kappa shape index (κ2) is 3.71. The number of nitrogens with two attached hydrogens (primary N) is 1. The molecule has 74 valence electrons. The van der Waals surface area contributed by atoms with Crippen LogP contribution in [0, 0.1) is 11.7 Å². The van der Waals surface area contributed by atoms with Crippen LogP contribution in [0.25, 0.3) is 0 Å². The first kappa shape index (κ1) is 9.68. The Morgan fingerprint density at radius 2 is 2.36 bits per heavy atom. The standard InChI is InChI=1S/C10H10FNOS/c11-8-3-1-2-7-9(13)6(4-12)5-14-10(7)8/h1-3,6H,4-5,12H2. The van der Waals surface area contributed by atoms with Crippen LogP contribution in [0.15, 0.2) is 23.1 Å². The monoisotopic (exact) mass is 211 g/mol. The molecular formula is C10H10FNOS. The SMILES string of the molecule is NCC1CSc2c(F)cccc2C1=O. The summed E-state index contributed by atoms with van der Waals surface area (Å²) in [6, 6.07) is 4.60. The van der Waals surface area contributed by atoms with E-state index in [1.165, 1.54) is 17.8 Å². The number of benzene rings is 1. The van der Waals surface area contributed by atoms with Gasteiger partial charge in [0.05, 0.1) is 4.90 Å². The molecule has 1 aliphatic heterocycles. The summed E-state index contributed by atoms with van der Waals surface area (Å²) in [5, 5.41) is 0. The highest BCUT2D eigenvalue weighted by atomic mass is 32.2. The fourth-order valence-electron chi connectivity index (χ4n) is 1.50. The first-order chi connectivity index (χ1) is 6.74. The Labute approximate surface area is 85.7 Å². The van der Waals surface area contributed by atoms with Gasteiger partial charge in [-0.1, -0.05) is 12.1 Å². The first-order valence-corrected chi connectivity index (χ1v) is 5.38. The lowest BCUT2D eigenvalue weighted by Gasteiger charge is -2.21. The van der Waals surface area contributed by atoms with Crippen LogP contribution >= 0.6 is 11.8 Å². The summed E-state index contributed by atoms with van der Waals surface area (Å²) < 4.78 is 13.3. The lowest BCUT2D eigenvalue weighted by Crippen LogP contribution is -2.29. The number of carbonyl (C=O) groups is 1. The van der Waals surface area contributed by atoms with E-state index >= 15 is 0 Å². The molecule has 0 amide bonds. The minimum absolute atomic E-state index is 0.0271. The van der Waals surface area contributed by atoms with Crippen molar-refractivity contribution in [3.63, 3.8) is 0 Å². The van der Waals surface area contributed by atoms with Crippen LogP contribution in [0.1, 0.15) is 10.4 Å². The van der Waals surface area contributed by atoms with Gasteiger partial charge in [0, 0.05) is 23.8 Å². The van der Waals surface area contributed by atoms with Crippen LogP contribution in [0.2, 0.25) is 0 Å². The Morgan fingerprint density at radius 1 is 1.57 bits per heavy atom. The average molecular weight is 211 g/mol. The molecule has 1 heterocycles. The topological polar surface area (TPSA) is 43.1 Å². The zero-order valence-electron chi connectivity index (χ0n) is 7.50. The van der Waals surface area contributed by atoms with Gasteiger partial charge in [-0.3, -0.25) is 4.79 Å². The predicted octanol–water partition coefficient (Wildman–Crippen LogP) is 1.69. The molecule has 1 aromatic carbocycles. The molecule has 0 aromatic heterocycles. The van der Waals surface area contributed by atoms with Crippen LogP contribution in [-0.2, 0) is 0 Å². The second-order valence-corrected chi connectivity index (χ2v) is 4.25. The Kier molecular flexibility index (Phi) is 2.56. The largest absolute Gasteiger partial charge is 0.330 e. The minimum Gasteiger partial charge on any atom is -0.330 e. The highest BCUT2D eigenvalue weighted by Crippen LogP contribution is 2.34. The van der Waals surface area contributed by atoms with Gasteiger partial charge in [-0.2, -0.15) is 0 Å². The van der Waals surface area contributed by atoms with Gasteiger partial charge in [0.15, 0.2) is 5.78 Å². The molecule has 0 fully saturated rings. The highest BCUT2D eigenvalue weighted by Gasteiger charge is 2.28. The zero-order chi connectivity index (χ0) is 10.1. The number of rotatable bonds is 1. The Hall–Kier alpha value is -0.870. The number of halogens is 1. The number of hydrogen-bond donors (Lipinski definition) is 1. The molecule has 0 aliphatic carbocycles. The van der Waals surface area contributed by atoms with Gasteiger partial charge in [0.25, 0.3) is 0 Å². The van der Waals surface area contributed by atoms with E-state index in [1.54, 1.807) is 12.1 Å². The third-order valence-corrected chi connectivity index (χ3v) is 3.59. The maximum absolute atomic E-state index is 13.3. The summed E-state index contributed by atoms with van der Waals surface area (Å²) in [7, 11) is 0. The number of hydrogen-bond acceptors (Lipinski definition) is 3. The summed E-state index contributed by atoms with van der Waals surface area (Å²) >= 11 is 1.38. The van der Waals surface area contributed by atoms with Crippen LogP contribution in [0.5, 0.6) is 0 Å². The van der Waals surface area contributed by atoms with Crippen molar-refractivity contribution in [1.29, 1.82) is 0 Å². The zero-order valence-corrected chi connectivity index (χ0v) is 8.31. The lowest BCUT2D eigenvalue weighted by atomic mass is 9.98. The molecule has 0 saturated carbocycles. The second-order valence-electron chi connectivity index (χ2n) is 3.22. The molecular weight excluding hydrogens is 201 g/mol. The van der Waals surface area contributed by atoms with Crippen LogP contribution < -0.4 is 5.73 Å². The molecule has 14 heavy (non-hydrogen) atoms. The smallest absolute Gasteiger partial charge is 0.169 e. The van der Waals surface area contributed by atoms with Crippen molar-refractivity contribution >= 4 is 17.5 Å². The van der Waals surface area contributed by atoms with E-state index in [2.05, 4.69) is 0 Å². The van der Waals surface area contributed by atoms with Gasteiger partial charge in [0.2, 0.25) is 0 Å². The Morgan fingerprint density at radius 3 is 3.07 bits per heavy atom. The molecule has 0 spiro atoms. The summed E-state index contributed by atoms with van der Waals surface area (Å²) in [5.41, 5.74) is 5.94. The van der Waals surface area contributed by atoms with E-state index in [4.69, 9.17) is 5.73 Å². The van der Waals surface area contributed by atoms with Crippen molar-refractivity contribution in [3.8, 4) is 0 Å². The van der Waals surface area contributed by atoms with E-state index in [0.717, 1.165) is 0 Å². The summed E-state index contributed by atoms with van der Waals surface area (Å²) in [4.78, 5) is 12.2. The molecule has 1 atom stereocenters. The fourth-order valence-corrected chi connectivity index (χ4v) is 2.69. The average Bonchev–Trinajstić information content (AvgIpc) is 2.20. The minimum atomic E-state index is -0.309. The maximum Gasteiger partial charge on any atom is 0.169 e. The van der Waals surface area contributed by atoms with Crippen LogP contribution in [0.4, 0.5) is 4.39 Å². The van der Waals surface area contributed by atoms with E-state index in [1.807, 2.05) is 0 Å². The van der Waals surface area contributed by atoms with Crippen molar-refractivity contribution in [1.82, 2.24) is 0 Å². The van der Waals surface area contributed by atoms with E-state index < -0.39 is 0 Å². The number of Topliss-reactive ketones (excluding diaryl/α,β-unsaturated/α-hetero) is 1. The number of ketones is 1. The van der Waals surface area contributed by atoms with Crippen LogP contribution in [-0.4, -0.2) is 18.1 Å². The van der Waals surface area contributed by atoms with Crippen molar-refractivity contribution in [2.45, 2.75) is 4.90 Å². The number of fused-ring (bicyclic) bond motifs is 1. The number of carbonyl (C=O) groups excluding carboxylic acids is 1. The van der Waals surface area contributed by atoms with Crippen molar-refractivity contribution in [3.05, 3.63) is 29.6 Å². The van der Waals surface area contributed by atoms with Crippen molar-refractivity contribution in [2.75, 3.05) is 12.3 Å². The molecule has 2 nitrogen and oxygen atoms in total. The van der Waals surface area contributed by atoms with Crippen LogP contribution in [0.3, 0.4) is 0 Å². The summed E-state index contributed by atoms with van der Waals surface area (Å²) in [6.45, 7) is 0.335.